The van der Waals surface area contributed by atoms with Crippen LogP contribution in [0.25, 0.3) is 0 Å². The van der Waals surface area contributed by atoms with Crippen LogP contribution in [-0.4, -0.2) is 18.5 Å². The van der Waals surface area contributed by atoms with E-state index < -0.39 is 0 Å². The fourth-order valence-electron chi connectivity index (χ4n) is 2.33. The molecule has 0 amide bonds. The number of halogens is 1. The van der Waals surface area contributed by atoms with Gasteiger partial charge in [-0.2, -0.15) is 0 Å². The van der Waals surface area contributed by atoms with Crippen molar-refractivity contribution >= 4 is 27.9 Å². The topological polar surface area (TPSA) is 52.6 Å². The average Bonchev–Trinajstić information content (AvgIpc) is 2.59. The first-order valence-electron chi connectivity index (χ1n) is 9.23. The Hall–Kier alpha value is -1.36. The number of carbonyl (C=O) groups is 2. The molecule has 1 aromatic carbocycles. The Morgan fingerprint density at radius 2 is 1.40 bits per heavy atom. The molecule has 0 atom stereocenters. The Bertz CT molecular complexity index is 499. The molecule has 0 heterocycles. The van der Waals surface area contributed by atoms with Crippen molar-refractivity contribution in [1.82, 2.24) is 0 Å². The molecule has 0 N–H and O–H groups in total. The van der Waals surface area contributed by atoms with Gasteiger partial charge in [-0.15, -0.1) is 0 Å². The van der Waals surface area contributed by atoms with Gasteiger partial charge in [0.05, 0.1) is 6.61 Å². The summed E-state index contributed by atoms with van der Waals surface area (Å²) >= 11 is 3.34. The molecule has 0 unspecified atom stereocenters. The molecule has 0 bridgehead atoms. The van der Waals surface area contributed by atoms with E-state index in [0.29, 0.717) is 25.2 Å². The molecule has 0 spiro atoms. The predicted molar refractivity (Wildman–Crippen MR) is 103 cm³/mol. The van der Waals surface area contributed by atoms with Gasteiger partial charge in [0.15, 0.2) is 0 Å². The minimum Gasteiger partial charge on any atom is -0.466 e. The number of hydrogen-bond acceptors (Lipinski definition) is 4. The lowest BCUT2D eigenvalue weighted by atomic mass is 10.1. The molecular weight excluding hydrogens is 384 g/mol. The monoisotopic (exact) mass is 412 g/mol. The summed E-state index contributed by atoms with van der Waals surface area (Å²) in [5.74, 6) is 0.320. The van der Waals surface area contributed by atoms with Crippen LogP contribution in [0.3, 0.4) is 0 Å². The number of rotatable bonds is 13. The highest BCUT2D eigenvalue weighted by molar-refractivity contribution is 9.10. The summed E-state index contributed by atoms with van der Waals surface area (Å²) in [6.45, 7) is 2.63. The summed E-state index contributed by atoms with van der Waals surface area (Å²) in [7, 11) is 0. The Morgan fingerprint density at radius 3 is 2.00 bits per heavy atom. The fourth-order valence-corrected chi connectivity index (χ4v) is 2.60. The molecule has 0 aromatic heterocycles. The third-order valence-electron chi connectivity index (χ3n) is 3.82. The van der Waals surface area contributed by atoms with Gasteiger partial charge < -0.3 is 9.47 Å². The van der Waals surface area contributed by atoms with Crippen molar-refractivity contribution in [1.29, 1.82) is 0 Å². The zero-order chi connectivity index (χ0) is 18.3. The van der Waals surface area contributed by atoms with Crippen LogP contribution in [0.2, 0.25) is 0 Å². The summed E-state index contributed by atoms with van der Waals surface area (Å²) in [6, 6.07) is 7.24. The summed E-state index contributed by atoms with van der Waals surface area (Å²) in [4.78, 5) is 23.2. The minimum absolute atomic E-state index is 0.0795. The summed E-state index contributed by atoms with van der Waals surface area (Å²) in [5, 5.41) is 0. The maximum absolute atomic E-state index is 11.7. The van der Waals surface area contributed by atoms with Gasteiger partial charge in [0.2, 0.25) is 0 Å². The SMILES string of the molecule is CCCCOC(=O)CCCCCCCCC(=O)Oc1ccc(Br)cc1. The van der Waals surface area contributed by atoms with E-state index in [4.69, 9.17) is 9.47 Å². The molecule has 0 aliphatic carbocycles. The van der Waals surface area contributed by atoms with Crippen LogP contribution in [-0.2, 0) is 14.3 Å². The quantitative estimate of drug-likeness (QED) is 0.232. The van der Waals surface area contributed by atoms with Crippen LogP contribution in [0.15, 0.2) is 28.7 Å². The number of ether oxygens (including phenoxy) is 2. The van der Waals surface area contributed by atoms with E-state index in [1.807, 2.05) is 12.1 Å². The van der Waals surface area contributed by atoms with Crippen molar-refractivity contribution in [3.8, 4) is 5.75 Å². The molecule has 140 valence electrons. The van der Waals surface area contributed by atoms with Gasteiger partial charge in [0, 0.05) is 17.3 Å². The number of unbranched alkanes of at least 4 members (excludes halogenated alkanes) is 6. The van der Waals surface area contributed by atoms with Gasteiger partial charge in [-0.3, -0.25) is 9.59 Å². The maximum Gasteiger partial charge on any atom is 0.311 e. The molecule has 5 heteroatoms. The van der Waals surface area contributed by atoms with E-state index in [9.17, 15) is 9.59 Å². The normalized spacial score (nSPS) is 10.5. The van der Waals surface area contributed by atoms with Gasteiger partial charge in [-0.05, 0) is 43.5 Å². The van der Waals surface area contributed by atoms with Crippen LogP contribution in [0.5, 0.6) is 5.75 Å². The lowest BCUT2D eigenvalue weighted by Gasteiger charge is -2.05. The van der Waals surface area contributed by atoms with Crippen LogP contribution >= 0.6 is 15.9 Å². The summed E-state index contributed by atoms with van der Waals surface area (Å²) in [5.41, 5.74) is 0. The molecule has 0 saturated heterocycles. The number of hydrogen-bond donors (Lipinski definition) is 0. The molecule has 25 heavy (non-hydrogen) atoms. The Morgan fingerprint density at radius 1 is 0.840 bits per heavy atom. The fraction of sp³-hybridized carbons (Fsp3) is 0.600. The standard InChI is InChI=1S/C20H29BrO4/c1-2-3-16-24-19(22)10-8-6-4-5-7-9-11-20(23)25-18-14-12-17(21)13-15-18/h12-15H,2-11,16H2,1H3. The highest BCUT2D eigenvalue weighted by Gasteiger charge is 2.05. The first-order chi connectivity index (χ1) is 12.1. The molecule has 0 saturated carbocycles. The first kappa shape index (κ1) is 21.7. The van der Waals surface area contributed by atoms with E-state index in [1.54, 1.807) is 12.1 Å². The Kier molecular flexibility index (Phi) is 12.0. The van der Waals surface area contributed by atoms with Crippen LogP contribution in [0.1, 0.15) is 71.1 Å². The summed E-state index contributed by atoms with van der Waals surface area (Å²) < 4.78 is 11.3. The predicted octanol–water partition coefficient (Wildman–Crippen LogP) is 5.82. The van der Waals surface area contributed by atoms with E-state index in [1.165, 1.54) is 0 Å². The molecule has 1 aromatic rings. The molecule has 0 aliphatic rings. The summed E-state index contributed by atoms with van der Waals surface area (Å²) in [6.07, 6.45) is 8.89. The van der Waals surface area contributed by atoms with Gasteiger partial charge in [-0.1, -0.05) is 55.0 Å². The third-order valence-corrected chi connectivity index (χ3v) is 4.35. The Balaban J connectivity index is 1.93. The van der Waals surface area contributed by atoms with Crippen molar-refractivity contribution in [2.45, 2.75) is 71.1 Å². The number of esters is 2. The second-order valence-corrected chi connectivity index (χ2v) is 7.04. The Labute approximate surface area is 159 Å². The lowest BCUT2D eigenvalue weighted by Crippen LogP contribution is -2.07. The average molecular weight is 413 g/mol. The van der Waals surface area contributed by atoms with Crippen molar-refractivity contribution in [3.05, 3.63) is 28.7 Å². The molecule has 4 nitrogen and oxygen atoms in total. The van der Waals surface area contributed by atoms with Crippen LogP contribution < -0.4 is 4.74 Å². The van der Waals surface area contributed by atoms with Crippen LogP contribution in [0.4, 0.5) is 0 Å². The lowest BCUT2D eigenvalue weighted by molar-refractivity contribution is -0.144. The van der Waals surface area contributed by atoms with E-state index in [-0.39, 0.29) is 11.9 Å². The second-order valence-electron chi connectivity index (χ2n) is 6.12. The van der Waals surface area contributed by atoms with Crippen molar-refractivity contribution in [2.75, 3.05) is 6.61 Å². The smallest absolute Gasteiger partial charge is 0.311 e. The van der Waals surface area contributed by atoms with E-state index >= 15 is 0 Å². The number of carbonyl (C=O) groups excluding carboxylic acids is 2. The van der Waals surface area contributed by atoms with E-state index in [2.05, 4.69) is 22.9 Å². The van der Waals surface area contributed by atoms with E-state index in [0.717, 1.165) is 55.8 Å². The van der Waals surface area contributed by atoms with Crippen LogP contribution in [0, 0.1) is 0 Å². The van der Waals surface area contributed by atoms with Gasteiger partial charge >= 0.3 is 11.9 Å². The minimum atomic E-state index is -0.183. The molecule has 0 radical (unpaired) electrons. The largest absolute Gasteiger partial charge is 0.466 e. The number of benzene rings is 1. The zero-order valence-electron chi connectivity index (χ0n) is 15.1. The highest BCUT2D eigenvalue weighted by atomic mass is 79.9. The maximum atomic E-state index is 11.7. The van der Waals surface area contributed by atoms with Gasteiger partial charge in [0.25, 0.3) is 0 Å². The third kappa shape index (κ3) is 11.8. The second kappa shape index (κ2) is 13.9. The first-order valence-corrected chi connectivity index (χ1v) is 10.0. The molecule has 1 rings (SSSR count). The van der Waals surface area contributed by atoms with Crippen molar-refractivity contribution in [3.63, 3.8) is 0 Å². The van der Waals surface area contributed by atoms with Crippen molar-refractivity contribution in [2.24, 2.45) is 0 Å². The molecular formula is C20H29BrO4. The molecule has 0 fully saturated rings. The van der Waals surface area contributed by atoms with Crippen molar-refractivity contribution < 1.29 is 19.1 Å². The van der Waals surface area contributed by atoms with Gasteiger partial charge in [0.1, 0.15) is 5.75 Å². The van der Waals surface area contributed by atoms with Gasteiger partial charge in [-0.25, -0.2) is 0 Å². The zero-order valence-corrected chi connectivity index (χ0v) is 16.7. The highest BCUT2D eigenvalue weighted by Crippen LogP contribution is 2.17. The molecule has 0 aliphatic heterocycles.